The zero-order chi connectivity index (χ0) is 21.3. The summed E-state index contributed by atoms with van der Waals surface area (Å²) in [4.78, 5) is 18.5. The van der Waals surface area contributed by atoms with Crippen LogP contribution in [0.4, 0.5) is 0 Å². The molecule has 0 heterocycles. The molecule has 156 valence electrons. The minimum Gasteiger partial charge on any atom is -0.357 e. The van der Waals surface area contributed by atoms with Crippen molar-refractivity contribution in [3.63, 3.8) is 0 Å². The van der Waals surface area contributed by atoms with Gasteiger partial charge in [0.05, 0.1) is 6.54 Å². The molecule has 5 nitrogen and oxygen atoms in total. The number of amides is 1. The zero-order valence-electron chi connectivity index (χ0n) is 18.0. The Labute approximate surface area is 178 Å². The van der Waals surface area contributed by atoms with Crippen LogP contribution in [0.5, 0.6) is 0 Å². The summed E-state index contributed by atoms with van der Waals surface area (Å²) in [5, 5.41) is 9.16. The lowest BCUT2D eigenvalue weighted by atomic mass is 10.1. The van der Waals surface area contributed by atoms with Crippen LogP contribution in [0.3, 0.4) is 0 Å². The van der Waals surface area contributed by atoms with Crippen LogP contribution in [0, 0.1) is 0 Å². The van der Waals surface area contributed by atoms with Crippen LogP contribution in [0.2, 0.25) is 0 Å². The number of aliphatic imine (C=N–C) groups is 1. The average Bonchev–Trinajstić information content (AvgIpc) is 2.77. The van der Waals surface area contributed by atoms with E-state index in [1.54, 1.807) is 19.0 Å². The maximum absolute atomic E-state index is 12.1. The third-order valence-corrected chi connectivity index (χ3v) is 4.86. The second-order valence-electron chi connectivity index (χ2n) is 7.45. The van der Waals surface area contributed by atoms with Gasteiger partial charge in [0.1, 0.15) is 0 Å². The van der Waals surface area contributed by atoms with Crippen LogP contribution in [0.1, 0.15) is 28.4 Å². The van der Waals surface area contributed by atoms with Gasteiger partial charge in [-0.2, -0.15) is 0 Å². The Bertz CT molecular complexity index is 1030. The van der Waals surface area contributed by atoms with E-state index in [4.69, 9.17) is 4.99 Å². The van der Waals surface area contributed by atoms with Crippen LogP contribution in [-0.2, 0) is 13.0 Å². The second kappa shape index (κ2) is 10.4. The number of nitrogens with one attached hydrogen (secondary N) is 2. The highest BCUT2D eigenvalue weighted by atomic mass is 16.2. The van der Waals surface area contributed by atoms with Gasteiger partial charge in [-0.1, -0.05) is 48.5 Å². The molecule has 0 bridgehead atoms. The first-order valence-electron chi connectivity index (χ1n) is 10.4. The molecule has 0 atom stereocenters. The molecule has 0 aliphatic heterocycles. The standard InChI is InChI=1S/C25H30N4O/c1-4-26-25(28-18-20-12-13-21-9-5-6-10-22(21)17-20)27-15-14-19-8-7-11-23(16-19)24(30)29(2)3/h5-13,16-17H,4,14-15,18H2,1-3H3,(H2,26,27,28). The minimum atomic E-state index is 0.0232. The Morgan fingerprint density at radius 1 is 0.900 bits per heavy atom. The Kier molecular flexibility index (Phi) is 7.44. The number of hydrogen-bond acceptors (Lipinski definition) is 2. The molecule has 0 saturated heterocycles. The molecule has 0 aliphatic carbocycles. The lowest BCUT2D eigenvalue weighted by Crippen LogP contribution is -2.38. The van der Waals surface area contributed by atoms with E-state index in [1.165, 1.54) is 16.3 Å². The Hall–Kier alpha value is -3.34. The first-order valence-corrected chi connectivity index (χ1v) is 10.4. The van der Waals surface area contributed by atoms with Crippen molar-refractivity contribution in [2.24, 2.45) is 4.99 Å². The Morgan fingerprint density at radius 3 is 2.47 bits per heavy atom. The molecule has 0 fully saturated rings. The summed E-state index contributed by atoms with van der Waals surface area (Å²) in [5.41, 5.74) is 3.02. The third kappa shape index (κ3) is 5.83. The number of carbonyl (C=O) groups is 1. The number of fused-ring (bicyclic) bond motifs is 1. The minimum absolute atomic E-state index is 0.0232. The van der Waals surface area contributed by atoms with E-state index in [2.05, 4.69) is 60.0 Å². The Balaban J connectivity index is 1.60. The summed E-state index contributed by atoms with van der Waals surface area (Å²) in [7, 11) is 3.54. The van der Waals surface area contributed by atoms with Gasteiger partial charge >= 0.3 is 0 Å². The van der Waals surface area contributed by atoms with Gasteiger partial charge in [0.15, 0.2) is 5.96 Å². The van der Waals surface area contributed by atoms with Crippen LogP contribution < -0.4 is 10.6 Å². The van der Waals surface area contributed by atoms with Crippen molar-refractivity contribution in [3.8, 4) is 0 Å². The molecule has 5 heteroatoms. The fourth-order valence-electron chi connectivity index (χ4n) is 3.29. The molecule has 0 radical (unpaired) electrons. The van der Waals surface area contributed by atoms with Crippen molar-refractivity contribution in [2.45, 2.75) is 19.9 Å². The van der Waals surface area contributed by atoms with Gasteiger partial charge in [-0.15, -0.1) is 0 Å². The molecule has 0 unspecified atom stereocenters. The van der Waals surface area contributed by atoms with Crippen molar-refractivity contribution in [1.29, 1.82) is 0 Å². The molecule has 30 heavy (non-hydrogen) atoms. The zero-order valence-corrected chi connectivity index (χ0v) is 18.0. The third-order valence-electron chi connectivity index (χ3n) is 4.86. The van der Waals surface area contributed by atoms with Gasteiger partial charge in [0.25, 0.3) is 5.91 Å². The van der Waals surface area contributed by atoms with Gasteiger partial charge < -0.3 is 15.5 Å². The number of nitrogens with zero attached hydrogens (tertiary/aromatic N) is 2. The van der Waals surface area contributed by atoms with Gasteiger partial charge in [0, 0.05) is 32.7 Å². The van der Waals surface area contributed by atoms with Gasteiger partial charge in [-0.25, -0.2) is 4.99 Å². The fourth-order valence-corrected chi connectivity index (χ4v) is 3.29. The molecule has 3 rings (SSSR count). The van der Waals surface area contributed by atoms with Gasteiger partial charge in [0.2, 0.25) is 0 Å². The van der Waals surface area contributed by atoms with Gasteiger partial charge in [-0.05, 0) is 53.4 Å². The molecular formula is C25H30N4O. The van der Waals surface area contributed by atoms with Crippen molar-refractivity contribution < 1.29 is 4.79 Å². The molecule has 3 aromatic carbocycles. The van der Waals surface area contributed by atoms with Crippen LogP contribution in [0.25, 0.3) is 10.8 Å². The summed E-state index contributed by atoms with van der Waals surface area (Å²) in [5.74, 6) is 0.821. The van der Waals surface area contributed by atoms with Crippen LogP contribution >= 0.6 is 0 Å². The van der Waals surface area contributed by atoms with Gasteiger partial charge in [-0.3, -0.25) is 4.79 Å². The van der Waals surface area contributed by atoms with Crippen LogP contribution in [0.15, 0.2) is 71.7 Å². The molecule has 3 aromatic rings. The lowest BCUT2D eigenvalue weighted by Gasteiger charge is -2.13. The van der Waals surface area contributed by atoms with Crippen molar-refractivity contribution >= 4 is 22.6 Å². The van der Waals surface area contributed by atoms with Crippen molar-refractivity contribution in [1.82, 2.24) is 15.5 Å². The summed E-state index contributed by atoms with van der Waals surface area (Å²) >= 11 is 0. The van der Waals surface area contributed by atoms with Crippen molar-refractivity contribution in [2.75, 3.05) is 27.2 Å². The first-order chi connectivity index (χ1) is 14.6. The molecule has 0 aliphatic rings. The largest absolute Gasteiger partial charge is 0.357 e. The smallest absolute Gasteiger partial charge is 0.253 e. The highest BCUT2D eigenvalue weighted by molar-refractivity contribution is 5.94. The van der Waals surface area contributed by atoms with E-state index in [0.717, 1.165) is 36.6 Å². The fraction of sp³-hybridized carbons (Fsp3) is 0.280. The lowest BCUT2D eigenvalue weighted by molar-refractivity contribution is 0.0827. The summed E-state index contributed by atoms with van der Waals surface area (Å²) in [6.45, 7) is 4.22. The van der Waals surface area contributed by atoms with E-state index in [1.807, 2.05) is 24.3 Å². The van der Waals surface area contributed by atoms with E-state index in [0.29, 0.717) is 6.54 Å². The quantitative estimate of drug-likeness (QED) is 0.466. The molecule has 0 saturated carbocycles. The summed E-state index contributed by atoms with van der Waals surface area (Å²) < 4.78 is 0. The normalized spacial score (nSPS) is 11.4. The first kappa shape index (κ1) is 21.4. The number of carbonyl (C=O) groups excluding carboxylic acids is 1. The molecular weight excluding hydrogens is 372 g/mol. The predicted molar refractivity (Wildman–Crippen MR) is 125 cm³/mol. The highest BCUT2D eigenvalue weighted by Crippen LogP contribution is 2.16. The van der Waals surface area contributed by atoms with E-state index >= 15 is 0 Å². The summed E-state index contributed by atoms with van der Waals surface area (Å²) in [6.07, 6.45) is 0.814. The molecule has 1 amide bonds. The predicted octanol–water partition coefficient (Wildman–Crippen LogP) is 3.84. The SMILES string of the molecule is CCNC(=NCc1ccc2ccccc2c1)NCCc1cccc(C(=O)N(C)C)c1. The van der Waals surface area contributed by atoms with E-state index in [-0.39, 0.29) is 5.91 Å². The van der Waals surface area contributed by atoms with Crippen molar-refractivity contribution in [3.05, 3.63) is 83.4 Å². The maximum Gasteiger partial charge on any atom is 0.253 e. The molecule has 0 aromatic heterocycles. The average molecular weight is 403 g/mol. The monoisotopic (exact) mass is 402 g/mol. The molecule has 0 spiro atoms. The number of hydrogen-bond donors (Lipinski definition) is 2. The van der Waals surface area contributed by atoms with E-state index in [9.17, 15) is 4.79 Å². The highest BCUT2D eigenvalue weighted by Gasteiger charge is 2.08. The Morgan fingerprint density at radius 2 is 1.70 bits per heavy atom. The van der Waals surface area contributed by atoms with Crippen LogP contribution in [-0.4, -0.2) is 44.0 Å². The summed E-state index contributed by atoms with van der Waals surface area (Å²) in [6, 6.07) is 22.6. The van der Waals surface area contributed by atoms with E-state index < -0.39 is 0 Å². The molecule has 2 N–H and O–H groups in total. The number of rotatable bonds is 7. The maximum atomic E-state index is 12.1. The number of guanidine groups is 1. The number of benzene rings is 3. The second-order valence-corrected chi connectivity index (χ2v) is 7.45. The topological polar surface area (TPSA) is 56.7 Å².